The van der Waals surface area contributed by atoms with E-state index in [0.29, 0.717) is 0 Å². The Morgan fingerprint density at radius 2 is 1.16 bits per heavy atom. The highest BCUT2D eigenvalue weighted by atomic mass is 15.0. The molecule has 1 aliphatic rings. The van der Waals surface area contributed by atoms with Crippen molar-refractivity contribution in [3.8, 4) is 11.4 Å². The Morgan fingerprint density at radius 1 is 0.500 bits per heavy atom. The van der Waals surface area contributed by atoms with Crippen molar-refractivity contribution in [3.63, 3.8) is 0 Å². The Labute approximate surface area is 187 Å². The zero-order valence-electron chi connectivity index (χ0n) is 18.0. The van der Waals surface area contributed by atoms with Crippen LogP contribution < -0.4 is 0 Å². The Balaban J connectivity index is 1.72. The zero-order chi connectivity index (χ0) is 21.1. The van der Waals surface area contributed by atoms with E-state index in [9.17, 15) is 0 Å². The number of rotatable bonds is 2. The van der Waals surface area contributed by atoms with Crippen molar-refractivity contribution in [2.45, 2.75) is 25.7 Å². The van der Waals surface area contributed by atoms with Gasteiger partial charge < -0.3 is 9.13 Å². The second kappa shape index (κ2) is 6.86. The Morgan fingerprint density at radius 3 is 1.94 bits per heavy atom. The summed E-state index contributed by atoms with van der Waals surface area (Å²) in [4.78, 5) is 0. The lowest BCUT2D eigenvalue weighted by Gasteiger charge is -2.16. The Bertz CT molecular complexity index is 1600. The molecule has 0 bridgehead atoms. The summed E-state index contributed by atoms with van der Waals surface area (Å²) in [6.45, 7) is 0. The minimum Gasteiger partial charge on any atom is -0.313 e. The van der Waals surface area contributed by atoms with Crippen molar-refractivity contribution in [2.24, 2.45) is 0 Å². The number of hydrogen-bond donors (Lipinski definition) is 0. The smallest absolute Gasteiger partial charge is 0.0637 e. The summed E-state index contributed by atoms with van der Waals surface area (Å²) >= 11 is 0. The van der Waals surface area contributed by atoms with Crippen LogP contribution in [0.25, 0.3) is 44.1 Å². The predicted octanol–water partition coefficient (Wildman–Crippen LogP) is 7.61. The summed E-state index contributed by atoms with van der Waals surface area (Å²) in [7, 11) is 0. The summed E-state index contributed by atoms with van der Waals surface area (Å²) in [5.74, 6) is 0. The molecule has 0 aliphatic heterocycles. The lowest BCUT2D eigenvalue weighted by Crippen LogP contribution is -2.06. The molecule has 2 heteroatoms. The van der Waals surface area contributed by atoms with Gasteiger partial charge in [0.1, 0.15) is 0 Å². The van der Waals surface area contributed by atoms with Crippen LogP contribution in [-0.2, 0) is 12.8 Å². The van der Waals surface area contributed by atoms with Gasteiger partial charge >= 0.3 is 0 Å². The maximum absolute atomic E-state index is 2.52. The summed E-state index contributed by atoms with van der Waals surface area (Å²) in [6, 6.07) is 35.2. The number of fused-ring (bicyclic) bond motifs is 7. The molecule has 4 aromatic carbocycles. The number of benzene rings is 4. The van der Waals surface area contributed by atoms with Gasteiger partial charge in [0.25, 0.3) is 0 Å². The molecular weight excluding hydrogens is 388 g/mol. The number of aromatic nitrogens is 2. The van der Waals surface area contributed by atoms with Crippen LogP contribution in [0, 0.1) is 0 Å². The first-order chi connectivity index (χ1) is 15.9. The molecule has 7 rings (SSSR count). The molecule has 6 aromatic rings. The molecule has 1 aliphatic carbocycles. The van der Waals surface area contributed by atoms with E-state index in [-0.39, 0.29) is 0 Å². The van der Waals surface area contributed by atoms with Crippen LogP contribution in [0.4, 0.5) is 0 Å². The minimum absolute atomic E-state index is 1.14. The van der Waals surface area contributed by atoms with Crippen molar-refractivity contribution in [1.29, 1.82) is 0 Å². The summed E-state index contributed by atoms with van der Waals surface area (Å²) < 4.78 is 5.01. The van der Waals surface area contributed by atoms with Crippen molar-refractivity contribution >= 4 is 32.7 Å². The van der Waals surface area contributed by atoms with E-state index >= 15 is 0 Å². The second-order valence-electron chi connectivity index (χ2n) is 8.85. The second-order valence-corrected chi connectivity index (χ2v) is 8.85. The first-order valence-corrected chi connectivity index (χ1v) is 11.6. The fourth-order valence-corrected chi connectivity index (χ4v) is 5.80. The fraction of sp³-hybridized carbons (Fsp3) is 0.133. The van der Waals surface area contributed by atoms with E-state index in [1.54, 1.807) is 5.56 Å². The van der Waals surface area contributed by atoms with Crippen LogP contribution in [0.15, 0.2) is 97.1 Å². The average molecular weight is 413 g/mol. The highest BCUT2D eigenvalue weighted by Crippen LogP contribution is 2.42. The molecule has 0 N–H and O–H groups in total. The standard InChI is InChI=1S/C30H24N2/c1-3-11-21(12-4-1)31-27-18-10-8-16-25(27)29-28(31)20-19-24-23-15-7-9-17-26(23)32(30(24)29)22-13-5-2-6-14-22/h1-7,9,11-15,17,19-20H,8,10,16,18H2. The van der Waals surface area contributed by atoms with Crippen LogP contribution in [0.2, 0.25) is 0 Å². The molecule has 2 heterocycles. The Hall–Kier alpha value is -3.78. The third-order valence-electron chi connectivity index (χ3n) is 7.09. The van der Waals surface area contributed by atoms with Crippen molar-refractivity contribution < 1.29 is 0 Å². The SMILES string of the molecule is c1ccc(-n2c3c(c4c2ccc2c5ccccc5n(-c5ccccc5)c24)CCCC3)cc1. The monoisotopic (exact) mass is 412 g/mol. The largest absolute Gasteiger partial charge is 0.313 e. The summed E-state index contributed by atoms with van der Waals surface area (Å²) in [5.41, 5.74) is 9.48. The molecule has 0 unspecified atom stereocenters. The molecule has 0 radical (unpaired) electrons. The molecule has 2 aromatic heterocycles. The summed E-state index contributed by atoms with van der Waals surface area (Å²) in [5, 5.41) is 4.10. The lowest BCUT2D eigenvalue weighted by atomic mass is 9.94. The maximum Gasteiger partial charge on any atom is 0.0637 e. The van der Waals surface area contributed by atoms with Gasteiger partial charge in [-0.3, -0.25) is 0 Å². The highest BCUT2D eigenvalue weighted by Gasteiger charge is 2.25. The van der Waals surface area contributed by atoms with Gasteiger partial charge in [0, 0.05) is 33.2 Å². The van der Waals surface area contributed by atoms with Crippen LogP contribution >= 0.6 is 0 Å². The van der Waals surface area contributed by atoms with Crippen LogP contribution in [-0.4, -0.2) is 9.13 Å². The minimum atomic E-state index is 1.14. The van der Waals surface area contributed by atoms with E-state index in [1.165, 1.54) is 62.6 Å². The van der Waals surface area contributed by atoms with Crippen LogP contribution in [0.5, 0.6) is 0 Å². The Kier molecular flexibility index (Phi) is 3.83. The van der Waals surface area contributed by atoms with E-state index in [1.807, 2.05) is 0 Å². The van der Waals surface area contributed by atoms with E-state index in [0.717, 1.165) is 12.8 Å². The van der Waals surface area contributed by atoms with Gasteiger partial charge in [-0.05, 0) is 67.6 Å². The van der Waals surface area contributed by atoms with Crippen LogP contribution in [0.1, 0.15) is 24.1 Å². The van der Waals surface area contributed by atoms with E-state index in [2.05, 4.69) is 106 Å². The number of nitrogens with zero attached hydrogens (tertiary/aromatic N) is 2. The fourth-order valence-electron chi connectivity index (χ4n) is 5.80. The first kappa shape index (κ1) is 17.9. The van der Waals surface area contributed by atoms with Crippen molar-refractivity contribution in [1.82, 2.24) is 9.13 Å². The molecule has 0 fully saturated rings. The average Bonchev–Trinajstić information content (AvgIpc) is 3.38. The van der Waals surface area contributed by atoms with Crippen molar-refractivity contribution in [3.05, 3.63) is 108 Å². The maximum atomic E-state index is 2.52. The lowest BCUT2D eigenvalue weighted by molar-refractivity contribution is 0.667. The molecule has 0 saturated carbocycles. The molecule has 0 atom stereocenters. The van der Waals surface area contributed by atoms with E-state index in [4.69, 9.17) is 0 Å². The predicted molar refractivity (Wildman–Crippen MR) is 134 cm³/mol. The molecule has 2 nitrogen and oxygen atoms in total. The highest BCUT2D eigenvalue weighted by molar-refractivity contribution is 6.19. The van der Waals surface area contributed by atoms with Gasteiger partial charge in [0.2, 0.25) is 0 Å². The van der Waals surface area contributed by atoms with Gasteiger partial charge in [0.05, 0.1) is 16.6 Å². The third kappa shape index (κ3) is 2.41. The van der Waals surface area contributed by atoms with Crippen LogP contribution in [0.3, 0.4) is 0 Å². The van der Waals surface area contributed by atoms with E-state index < -0.39 is 0 Å². The normalized spacial score (nSPS) is 13.8. The van der Waals surface area contributed by atoms with Crippen molar-refractivity contribution in [2.75, 3.05) is 0 Å². The molecule has 154 valence electrons. The topological polar surface area (TPSA) is 9.86 Å². The number of para-hydroxylation sites is 3. The first-order valence-electron chi connectivity index (χ1n) is 11.6. The molecular formula is C30H24N2. The van der Waals surface area contributed by atoms with Gasteiger partial charge in [-0.15, -0.1) is 0 Å². The third-order valence-corrected chi connectivity index (χ3v) is 7.09. The molecule has 0 saturated heterocycles. The number of hydrogen-bond acceptors (Lipinski definition) is 0. The van der Waals surface area contributed by atoms with Gasteiger partial charge in [-0.1, -0.05) is 60.7 Å². The molecule has 0 amide bonds. The molecule has 32 heavy (non-hydrogen) atoms. The summed E-state index contributed by atoms with van der Waals surface area (Å²) in [6.07, 6.45) is 4.83. The van der Waals surface area contributed by atoms with Gasteiger partial charge in [-0.2, -0.15) is 0 Å². The molecule has 0 spiro atoms. The number of aryl methyl sites for hydroxylation is 1. The zero-order valence-corrected chi connectivity index (χ0v) is 18.0. The quantitative estimate of drug-likeness (QED) is 0.277. The van der Waals surface area contributed by atoms with Gasteiger partial charge in [-0.25, -0.2) is 0 Å². The van der Waals surface area contributed by atoms with Gasteiger partial charge in [0.15, 0.2) is 0 Å².